The number of β-amino-alcohol motifs (C(OH)–C–C–N with tert-alkyl or cyclic N) is 1. The van der Waals surface area contributed by atoms with Crippen molar-refractivity contribution in [3.8, 4) is 11.5 Å². The van der Waals surface area contributed by atoms with Crippen molar-refractivity contribution in [3.05, 3.63) is 23.8 Å². The Morgan fingerprint density at radius 2 is 2.00 bits per heavy atom. The zero-order chi connectivity index (χ0) is 19.3. The summed E-state index contributed by atoms with van der Waals surface area (Å²) < 4.78 is 42.5. The van der Waals surface area contributed by atoms with Gasteiger partial charge in [0.25, 0.3) is 5.92 Å². The molecule has 2 aliphatic heterocycles. The standard InChI is InChI=1S/C19H28F2N2O4/c1-25-17-4-3-15(10-23-13-19(20,21)14-23)9-18(17)27-12-16(24)11-22-5-2-7-26-8-6-22/h3-4,9,16,24H,2,5-8,10-14H2,1H3. The number of methoxy groups -OCH3 is 1. The number of hydrogen-bond donors (Lipinski definition) is 1. The fourth-order valence-corrected chi connectivity index (χ4v) is 3.43. The molecule has 1 atom stereocenters. The summed E-state index contributed by atoms with van der Waals surface area (Å²) in [5.74, 6) is -1.50. The van der Waals surface area contributed by atoms with Gasteiger partial charge in [0.15, 0.2) is 11.5 Å². The van der Waals surface area contributed by atoms with Gasteiger partial charge >= 0.3 is 0 Å². The van der Waals surface area contributed by atoms with Crippen LogP contribution < -0.4 is 9.47 Å². The molecule has 0 bridgehead atoms. The maximum Gasteiger partial charge on any atom is 0.272 e. The normalized spacial score (nSPS) is 21.9. The molecule has 2 heterocycles. The molecule has 3 rings (SSSR count). The van der Waals surface area contributed by atoms with Gasteiger partial charge in [0.1, 0.15) is 12.7 Å². The van der Waals surface area contributed by atoms with E-state index in [1.54, 1.807) is 24.1 Å². The van der Waals surface area contributed by atoms with Gasteiger partial charge in [-0.05, 0) is 24.1 Å². The average Bonchev–Trinajstić information content (AvgIpc) is 2.87. The summed E-state index contributed by atoms with van der Waals surface area (Å²) in [5.41, 5.74) is 0.875. The third-order valence-corrected chi connectivity index (χ3v) is 4.76. The van der Waals surface area contributed by atoms with Crippen molar-refractivity contribution < 1.29 is 28.1 Å². The third-order valence-electron chi connectivity index (χ3n) is 4.76. The number of nitrogens with zero attached hydrogens (tertiary/aromatic N) is 2. The number of alkyl halides is 2. The first-order valence-corrected chi connectivity index (χ1v) is 9.33. The Kier molecular flexibility index (Phi) is 6.86. The second kappa shape index (κ2) is 9.14. The van der Waals surface area contributed by atoms with Crippen molar-refractivity contribution in [3.63, 3.8) is 0 Å². The first-order chi connectivity index (χ1) is 12.9. The molecule has 0 aliphatic carbocycles. The second-order valence-electron chi connectivity index (χ2n) is 7.22. The van der Waals surface area contributed by atoms with Crippen LogP contribution in [0.15, 0.2) is 18.2 Å². The predicted molar refractivity (Wildman–Crippen MR) is 96.6 cm³/mol. The zero-order valence-electron chi connectivity index (χ0n) is 15.7. The van der Waals surface area contributed by atoms with Crippen LogP contribution in [0.3, 0.4) is 0 Å². The highest BCUT2D eigenvalue weighted by Gasteiger charge is 2.43. The van der Waals surface area contributed by atoms with Crippen molar-refractivity contribution in [2.45, 2.75) is 25.0 Å². The van der Waals surface area contributed by atoms with E-state index in [9.17, 15) is 13.9 Å². The molecule has 1 aromatic carbocycles. The number of benzene rings is 1. The molecule has 2 saturated heterocycles. The fraction of sp³-hybridized carbons (Fsp3) is 0.684. The summed E-state index contributed by atoms with van der Waals surface area (Å²) in [6.45, 7) is 3.81. The maximum atomic E-state index is 13.0. The van der Waals surface area contributed by atoms with Crippen LogP contribution in [0, 0.1) is 0 Å². The van der Waals surface area contributed by atoms with Crippen LogP contribution in [0.5, 0.6) is 11.5 Å². The molecule has 0 saturated carbocycles. The van der Waals surface area contributed by atoms with E-state index in [1.807, 2.05) is 6.07 Å². The molecular weight excluding hydrogens is 358 g/mol. The van der Waals surface area contributed by atoms with Crippen LogP contribution in [0.4, 0.5) is 8.78 Å². The van der Waals surface area contributed by atoms with Crippen LogP contribution in [-0.2, 0) is 11.3 Å². The Labute approximate surface area is 158 Å². The number of aliphatic hydroxyl groups is 1. The summed E-state index contributed by atoms with van der Waals surface area (Å²) in [6.07, 6.45) is 0.324. The molecule has 8 heteroatoms. The minimum absolute atomic E-state index is 0.138. The lowest BCUT2D eigenvalue weighted by Gasteiger charge is -2.38. The second-order valence-corrected chi connectivity index (χ2v) is 7.22. The van der Waals surface area contributed by atoms with Gasteiger partial charge in [-0.2, -0.15) is 0 Å². The predicted octanol–water partition coefficient (Wildman–Crippen LogP) is 1.61. The molecule has 0 aromatic heterocycles. The highest BCUT2D eigenvalue weighted by Crippen LogP contribution is 2.32. The smallest absolute Gasteiger partial charge is 0.272 e. The van der Waals surface area contributed by atoms with Crippen molar-refractivity contribution >= 4 is 0 Å². The van der Waals surface area contributed by atoms with Gasteiger partial charge in [-0.15, -0.1) is 0 Å². The van der Waals surface area contributed by atoms with E-state index >= 15 is 0 Å². The highest BCUT2D eigenvalue weighted by molar-refractivity contribution is 5.43. The van der Waals surface area contributed by atoms with E-state index in [0.717, 1.165) is 31.7 Å². The van der Waals surface area contributed by atoms with Gasteiger partial charge in [0, 0.05) is 32.8 Å². The largest absolute Gasteiger partial charge is 0.493 e. The number of rotatable bonds is 8. The van der Waals surface area contributed by atoms with E-state index < -0.39 is 12.0 Å². The van der Waals surface area contributed by atoms with Crippen LogP contribution in [0.25, 0.3) is 0 Å². The molecule has 2 fully saturated rings. The van der Waals surface area contributed by atoms with Gasteiger partial charge < -0.3 is 19.3 Å². The van der Waals surface area contributed by atoms with Gasteiger partial charge in [-0.1, -0.05) is 6.07 Å². The van der Waals surface area contributed by atoms with Crippen LogP contribution in [0.1, 0.15) is 12.0 Å². The summed E-state index contributed by atoms with van der Waals surface area (Å²) >= 11 is 0. The van der Waals surface area contributed by atoms with Crippen LogP contribution in [0.2, 0.25) is 0 Å². The Balaban J connectivity index is 1.52. The molecular formula is C19H28F2N2O4. The summed E-state index contributed by atoms with van der Waals surface area (Å²) in [5, 5.41) is 10.3. The Bertz CT molecular complexity index is 601. The number of likely N-dealkylation sites (tertiary alicyclic amines) is 1. The SMILES string of the molecule is COc1ccc(CN2CC(F)(F)C2)cc1OCC(O)CN1CCCOCC1. The van der Waals surface area contributed by atoms with Crippen molar-refractivity contribution in [1.29, 1.82) is 0 Å². The van der Waals surface area contributed by atoms with Gasteiger partial charge in [0.05, 0.1) is 26.8 Å². The average molecular weight is 386 g/mol. The van der Waals surface area contributed by atoms with Crippen molar-refractivity contribution in [1.82, 2.24) is 9.80 Å². The number of halogens is 2. The minimum atomic E-state index is -2.58. The van der Waals surface area contributed by atoms with Crippen molar-refractivity contribution in [2.24, 2.45) is 0 Å². The van der Waals surface area contributed by atoms with Crippen LogP contribution >= 0.6 is 0 Å². The summed E-state index contributed by atoms with van der Waals surface area (Å²) in [6, 6.07) is 5.40. The monoisotopic (exact) mass is 386 g/mol. The highest BCUT2D eigenvalue weighted by atomic mass is 19.3. The van der Waals surface area contributed by atoms with E-state index in [0.29, 0.717) is 31.2 Å². The third kappa shape index (κ3) is 6.00. The molecule has 1 aromatic rings. The van der Waals surface area contributed by atoms with Gasteiger partial charge in [0.2, 0.25) is 0 Å². The molecule has 0 radical (unpaired) electrons. The number of aliphatic hydroxyl groups excluding tert-OH is 1. The lowest BCUT2D eigenvalue weighted by molar-refractivity contribution is -0.133. The summed E-state index contributed by atoms with van der Waals surface area (Å²) in [4.78, 5) is 3.85. The van der Waals surface area contributed by atoms with Crippen LogP contribution in [-0.4, -0.2) is 86.6 Å². The topological polar surface area (TPSA) is 54.4 Å². The minimum Gasteiger partial charge on any atom is -0.493 e. The Hall–Kier alpha value is -1.48. The number of ether oxygens (including phenoxy) is 3. The van der Waals surface area contributed by atoms with E-state index in [4.69, 9.17) is 14.2 Å². The molecule has 27 heavy (non-hydrogen) atoms. The fourth-order valence-electron chi connectivity index (χ4n) is 3.43. The molecule has 1 N–H and O–H groups in total. The van der Waals surface area contributed by atoms with Crippen molar-refractivity contribution in [2.75, 3.05) is 59.7 Å². The molecule has 2 aliphatic rings. The lowest BCUT2D eigenvalue weighted by Crippen LogP contribution is -2.55. The quantitative estimate of drug-likeness (QED) is 0.733. The molecule has 0 spiro atoms. The van der Waals surface area contributed by atoms with E-state index in [2.05, 4.69) is 4.90 Å². The Morgan fingerprint density at radius 1 is 1.19 bits per heavy atom. The zero-order valence-corrected chi connectivity index (χ0v) is 15.7. The first kappa shape index (κ1) is 20.3. The molecule has 152 valence electrons. The molecule has 1 unspecified atom stereocenters. The van der Waals surface area contributed by atoms with Gasteiger partial charge in [-0.3, -0.25) is 9.80 Å². The summed E-state index contributed by atoms with van der Waals surface area (Å²) in [7, 11) is 1.55. The maximum absolute atomic E-state index is 13.0. The Morgan fingerprint density at radius 3 is 2.74 bits per heavy atom. The van der Waals surface area contributed by atoms with E-state index in [-0.39, 0.29) is 19.7 Å². The van der Waals surface area contributed by atoms with Gasteiger partial charge in [-0.25, -0.2) is 8.78 Å². The first-order valence-electron chi connectivity index (χ1n) is 9.33. The molecule has 6 nitrogen and oxygen atoms in total. The lowest BCUT2D eigenvalue weighted by atomic mass is 10.1. The number of hydrogen-bond acceptors (Lipinski definition) is 6. The molecule has 0 amide bonds. The van der Waals surface area contributed by atoms with E-state index in [1.165, 1.54) is 0 Å².